The number of hydrogen-bond donors (Lipinski definition) is 1. The van der Waals surface area contributed by atoms with Crippen molar-refractivity contribution in [1.29, 1.82) is 0 Å². The van der Waals surface area contributed by atoms with Crippen molar-refractivity contribution in [2.75, 3.05) is 11.6 Å². The Balaban J connectivity index is 2.24. The Morgan fingerprint density at radius 2 is 1.71 bits per heavy atom. The molecule has 0 spiro atoms. The number of anilines is 1. The van der Waals surface area contributed by atoms with Crippen LogP contribution in [0, 0.1) is 10.5 Å². The highest BCUT2D eigenvalue weighted by Crippen LogP contribution is 2.20. The van der Waals surface area contributed by atoms with Gasteiger partial charge < -0.3 is 5.32 Å². The van der Waals surface area contributed by atoms with Crippen molar-refractivity contribution in [2.45, 2.75) is 11.8 Å². The molecule has 0 saturated carbocycles. The second-order valence-corrected chi connectivity index (χ2v) is 7.97. The summed E-state index contributed by atoms with van der Waals surface area (Å²) in [5.74, 6) is -0.221. The number of halogens is 1. The monoisotopic (exact) mass is 415 g/mol. The molecule has 110 valence electrons. The van der Waals surface area contributed by atoms with Crippen LogP contribution < -0.4 is 5.32 Å². The maximum atomic E-state index is 12.1. The summed E-state index contributed by atoms with van der Waals surface area (Å²) < 4.78 is 24.0. The first kappa shape index (κ1) is 16.0. The molecule has 2 aromatic carbocycles. The summed E-state index contributed by atoms with van der Waals surface area (Å²) in [5.41, 5.74) is 1.87. The van der Waals surface area contributed by atoms with Crippen molar-refractivity contribution in [3.8, 4) is 0 Å². The van der Waals surface area contributed by atoms with Crippen LogP contribution >= 0.6 is 22.6 Å². The second kappa shape index (κ2) is 6.15. The summed E-state index contributed by atoms with van der Waals surface area (Å²) in [4.78, 5) is 12.4. The van der Waals surface area contributed by atoms with E-state index < -0.39 is 9.84 Å². The van der Waals surface area contributed by atoms with Gasteiger partial charge in [0.2, 0.25) is 0 Å². The molecule has 2 aromatic rings. The molecule has 4 nitrogen and oxygen atoms in total. The van der Waals surface area contributed by atoms with Crippen LogP contribution in [-0.4, -0.2) is 20.6 Å². The fraction of sp³-hybridized carbons (Fsp3) is 0.133. The fourth-order valence-corrected chi connectivity index (χ4v) is 2.87. The maximum Gasteiger partial charge on any atom is 0.255 e. The van der Waals surface area contributed by atoms with Crippen molar-refractivity contribution >= 4 is 44.0 Å². The SMILES string of the molecule is Cc1cc(S(C)(=O)=O)ccc1NC(=O)c1ccc(I)cc1. The van der Waals surface area contributed by atoms with E-state index in [-0.39, 0.29) is 10.8 Å². The molecule has 1 amide bonds. The number of benzene rings is 2. The van der Waals surface area contributed by atoms with Crippen LogP contribution in [0.5, 0.6) is 0 Å². The van der Waals surface area contributed by atoms with E-state index in [9.17, 15) is 13.2 Å². The van der Waals surface area contributed by atoms with E-state index in [2.05, 4.69) is 27.9 Å². The number of amides is 1. The van der Waals surface area contributed by atoms with Crippen molar-refractivity contribution in [3.63, 3.8) is 0 Å². The molecule has 1 N–H and O–H groups in total. The normalized spacial score (nSPS) is 11.2. The Morgan fingerprint density at radius 1 is 1.10 bits per heavy atom. The summed E-state index contributed by atoms with van der Waals surface area (Å²) in [6.45, 7) is 1.76. The molecule has 0 aliphatic carbocycles. The molecule has 0 aromatic heterocycles. The predicted molar refractivity (Wildman–Crippen MR) is 91.4 cm³/mol. The van der Waals surface area contributed by atoms with Gasteiger partial charge >= 0.3 is 0 Å². The van der Waals surface area contributed by atoms with Gasteiger partial charge in [0.15, 0.2) is 9.84 Å². The van der Waals surface area contributed by atoms with Gasteiger partial charge in [-0.05, 0) is 77.5 Å². The molecule has 0 heterocycles. The predicted octanol–water partition coefficient (Wildman–Crippen LogP) is 3.26. The molecule has 0 unspecified atom stereocenters. The lowest BCUT2D eigenvalue weighted by Crippen LogP contribution is -2.13. The van der Waals surface area contributed by atoms with Crippen molar-refractivity contribution in [2.24, 2.45) is 0 Å². The lowest BCUT2D eigenvalue weighted by Gasteiger charge is -2.10. The van der Waals surface area contributed by atoms with Gasteiger partial charge in [0, 0.05) is 21.1 Å². The highest BCUT2D eigenvalue weighted by Gasteiger charge is 2.11. The Labute approximate surface area is 137 Å². The quantitative estimate of drug-likeness (QED) is 0.783. The van der Waals surface area contributed by atoms with E-state index in [0.29, 0.717) is 16.8 Å². The van der Waals surface area contributed by atoms with Crippen LogP contribution in [0.1, 0.15) is 15.9 Å². The highest BCUT2D eigenvalue weighted by atomic mass is 127. The minimum absolute atomic E-state index is 0.221. The molecule has 0 aliphatic heterocycles. The molecule has 0 saturated heterocycles. The van der Waals surface area contributed by atoms with Gasteiger partial charge in [0.1, 0.15) is 0 Å². The highest BCUT2D eigenvalue weighted by molar-refractivity contribution is 14.1. The number of hydrogen-bond acceptors (Lipinski definition) is 3. The van der Waals surface area contributed by atoms with E-state index >= 15 is 0 Å². The summed E-state index contributed by atoms with van der Waals surface area (Å²) in [7, 11) is -3.24. The first-order valence-corrected chi connectivity index (χ1v) is 9.12. The van der Waals surface area contributed by atoms with Crippen LogP contribution in [0.4, 0.5) is 5.69 Å². The zero-order valence-corrected chi connectivity index (χ0v) is 14.5. The van der Waals surface area contributed by atoms with E-state index in [1.54, 1.807) is 31.2 Å². The lowest BCUT2D eigenvalue weighted by atomic mass is 10.1. The number of rotatable bonds is 3. The Bertz CT molecular complexity index is 783. The molecule has 21 heavy (non-hydrogen) atoms. The van der Waals surface area contributed by atoms with Gasteiger partial charge in [0.05, 0.1) is 4.90 Å². The number of sulfone groups is 1. The molecular formula is C15H14INO3S. The van der Waals surface area contributed by atoms with Crippen LogP contribution in [0.3, 0.4) is 0 Å². The van der Waals surface area contributed by atoms with E-state index in [0.717, 1.165) is 9.83 Å². The molecule has 0 fully saturated rings. The topological polar surface area (TPSA) is 63.2 Å². The van der Waals surface area contributed by atoms with Gasteiger partial charge in [-0.2, -0.15) is 0 Å². The first-order valence-electron chi connectivity index (χ1n) is 6.15. The zero-order valence-electron chi connectivity index (χ0n) is 11.6. The largest absolute Gasteiger partial charge is 0.322 e. The van der Waals surface area contributed by atoms with Crippen molar-refractivity contribution in [1.82, 2.24) is 0 Å². The third-order valence-electron chi connectivity index (χ3n) is 2.98. The average Bonchev–Trinajstić information content (AvgIpc) is 2.40. The Kier molecular flexibility index (Phi) is 4.67. The number of aryl methyl sites for hydroxylation is 1. The van der Waals surface area contributed by atoms with E-state index in [4.69, 9.17) is 0 Å². The number of carbonyl (C=O) groups is 1. The van der Waals surface area contributed by atoms with Crippen LogP contribution in [0.2, 0.25) is 0 Å². The Morgan fingerprint density at radius 3 is 2.24 bits per heavy atom. The fourth-order valence-electron chi connectivity index (χ4n) is 1.80. The number of carbonyl (C=O) groups excluding carboxylic acids is 1. The van der Waals surface area contributed by atoms with Crippen LogP contribution in [0.25, 0.3) is 0 Å². The van der Waals surface area contributed by atoms with Gasteiger partial charge in [-0.3, -0.25) is 4.79 Å². The molecule has 0 aliphatic rings. The zero-order chi connectivity index (χ0) is 15.6. The molecule has 0 bridgehead atoms. The summed E-state index contributed by atoms with van der Waals surface area (Å²) >= 11 is 2.17. The Hall–Kier alpha value is -1.41. The summed E-state index contributed by atoms with van der Waals surface area (Å²) in [5, 5.41) is 2.79. The molecule has 0 atom stereocenters. The molecule has 2 rings (SSSR count). The average molecular weight is 415 g/mol. The molecular weight excluding hydrogens is 401 g/mol. The third kappa shape index (κ3) is 4.04. The standard InChI is InChI=1S/C15H14INO3S/c1-10-9-13(21(2,19)20)7-8-14(10)17-15(18)11-3-5-12(16)6-4-11/h3-9H,1-2H3,(H,17,18). The third-order valence-corrected chi connectivity index (χ3v) is 4.81. The number of nitrogens with one attached hydrogen (secondary N) is 1. The van der Waals surface area contributed by atoms with E-state index in [1.165, 1.54) is 6.07 Å². The van der Waals surface area contributed by atoms with Gasteiger partial charge in [-0.15, -0.1) is 0 Å². The van der Waals surface area contributed by atoms with Crippen LogP contribution in [0.15, 0.2) is 47.4 Å². The molecule has 0 radical (unpaired) electrons. The maximum absolute atomic E-state index is 12.1. The van der Waals surface area contributed by atoms with Crippen LogP contribution in [-0.2, 0) is 9.84 Å². The first-order chi connectivity index (χ1) is 9.77. The lowest BCUT2D eigenvalue weighted by molar-refractivity contribution is 0.102. The van der Waals surface area contributed by atoms with Gasteiger partial charge in [-0.25, -0.2) is 8.42 Å². The van der Waals surface area contributed by atoms with Gasteiger partial charge in [-0.1, -0.05) is 0 Å². The summed E-state index contributed by atoms with van der Waals surface area (Å²) in [6.07, 6.45) is 1.16. The summed E-state index contributed by atoms with van der Waals surface area (Å²) in [6, 6.07) is 11.9. The second-order valence-electron chi connectivity index (χ2n) is 4.71. The minimum atomic E-state index is -3.24. The molecule has 6 heteroatoms. The smallest absolute Gasteiger partial charge is 0.255 e. The van der Waals surface area contributed by atoms with Crippen molar-refractivity contribution in [3.05, 3.63) is 57.2 Å². The van der Waals surface area contributed by atoms with E-state index in [1.807, 2.05) is 12.1 Å². The van der Waals surface area contributed by atoms with Gasteiger partial charge in [0.25, 0.3) is 5.91 Å². The minimum Gasteiger partial charge on any atom is -0.322 e. The van der Waals surface area contributed by atoms with Crippen molar-refractivity contribution < 1.29 is 13.2 Å².